The van der Waals surface area contributed by atoms with Crippen LogP contribution in [0, 0.1) is 0 Å². The van der Waals surface area contributed by atoms with E-state index in [-0.39, 0.29) is 11.5 Å². The van der Waals surface area contributed by atoms with Crippen molar-refractivity contribution in [3.05, 3.63) is 46.5 Å². The van der Waals surface area contributed by atoms with Crippen molar-refractivity contribution in [2.45, 2.75) is 25.3 Å². The van der Waals surface area contributed by atoms with Crippen molar-refractivity contribution in [3.63, 3.8) is 0 Å². The number of nitrogens with zero attached hydrogens (tertiary/aromatic N) is 2. The molecule has 0 spiro atoms. The van der Waals surface area contributed by atoms with Crippen molar-refractivity contribution in [3.8, 4) is 11.3 Å². The van der Waals surface area contributed by atoms with Gasteiger partial charge in [0.05, 0.1) is 5.69 Å². The van der Waals surface area contributed by atoms with Crippen LogP contribution in [0.4, 0.5) is 0 Å². The molecule has 0 aliphatic carbocycles. The average molecular weight is 327 g/mol. The summed E-state index contributed by atoms with van der Waals surface area (Å²) in [6.07, 6.45) is 5.45. The molecule has 2 aromatic rings. The Morgan fingerprint density at radius 1 is 1.21 bits per heavy atom. The molecule has 0 bridgehead atoms. The molecule has 8 heteroatoms. The van der Waals surface area contributed by atoms with E-state index < -0.39 is 17.5 Å². The lowest BCUT2D eigenvalue weighted by Gasteiger charge is -2.15. The summed E-state index contributed by atoms with van der Waals surface area (Å²) in [6.45, 7) is 0.604. The Labute approximate surface area is 137 Å². The minimum absolute atomic E-state index is 0.0751. The predicted octanol–water partition coefficient (Wildman–Crippen LogP) is 0.230. The minimum Gasteiger partial charge on any atom is -0.354 e. The second-order valence-electron chi connectivity index (χ2n) is 5.54. The van der Waals surface area contributed by atoms with Crippen LogP contribution in [0.25, 0.3) is 11.3 Å². The largest absolute Gasteiger partial charge is 0.354 e. The van der Waals surface area contributed by atoms with Crippen molar-refractivity contribution in [1.82, 2.24) is 25.8 Å². The molecule has 0 saturated carbocycles. The molecule has 2 amide bonds. The van der Waals surface area contributed by atoms with E-state index in [1.54, 1.807) is 24.5 Å². The van der Waals surface area contributed by atoms with E-state index in [1.807, 2.05) is 0 Å². The number of pyridine rings is 1. The molecule has 1 atom stereocenters. The van der Waals surface area contributed by atoms with Crippen LogP contribution in [0.2, 0.25) is 0 Å². The zero-order valence-corrected chi connectivity index (χ0v) is 12.9. The highest BCUT2D eigenvalue weighted by atomic mass is 16.2. The average Bonchev–Trinajstić information content (AvgIpc) is 2.80. The third-order valence-electron chi connectivity index (χ3n) is 3.86. The molecule has 1 aliphatic heterocycles. The summed E-state index contributed by atoms with van der Waals surface area (Å²) in [5.74, 6) is -0.809. The van der Waals surface area contributed by atoms with Gasteiger partial charge in [0, 0.05) is 24.5 Å². The summed E-state index contributed by atoms with van der Waals surface area (Å²) in [5, 5.41) is 11.6. The number of nitrogens with one attached hydrogen (secondary N) is 3. The quantitative estimate of drug-likeness (QED) is 0.746. The van der Waals surface area contributed by atoms with Gasteiger partial charge in [-0.15, -0.1) is 0 Å². The Hall–Kier alpha value is -3.03. The summed E-state index contributed by atoms with van der Waals surface area (Å²) in [6, 6.07) is 4.23. The first-order valence-corrected chi connectivity index (χ1v) is 7.74. The number of aromatic nitrogens is 3. The van der Waals surface area contributed by atoms with Crippen LogP contribution >= 0.6 is 0 Å². The summed E-state index contributed by atoms with van der Waals surface area (Å²) in [4.78, 5) is 40.2. The number of rotatable bonds is 3. The highest BCUT2D eigenvalue weighted by molar-refractivity contribution is 5.97. The molecule has 1 fully saturated rings. The van der Waals surface area contributed by atoms with E-state index in [4.69, 9.17) is 0 Å². The Kier molecular flexibility index (Phi) is 4.64. The Morgan fingerprint density at radius 2 is 2.00 bits per heavy atom. The van der Waals surface area contributed by atoms with Crippen LogP contribution in [-0.4, -0.2) is 39.6 Å². The summed E-state index contributed by atoms with van der Waals surface area (Å²) < 4.78 is 0. The fourth-order valence-electron chi connectivity index (χ4n) is 2.56. The molecule has 3 heterocycles. The zero-order valence-electron chi connectivity index (χ0n) is 12.9. The Morgan fingerprint density at radius 3 is 2.79 bits per heavy atom. The normalized spacial score (nSPS) is 17.7. The van der Waals surface area contributed by atoms with E-state index >= 15 is 0 Å². The molecular formula is C16H17N5O3. The second-order valence-corrected chi connectivity index (χ2v) is 5.54. The van der Waals surface area contributed by atoms with Crippen molar-refractivity contribution in [2.75, 3.05) is 6.54 Å². The van der Waals surface area contributed by atoms with Gasteiger partial charge in [-0.25, -0.2) is 5.10 Å². The third-order valence-corrected chi connectivity index (χ3v) is 3.86. The van der Waals surface area contributed by atoms with Crippen molar-refractivity contribution in [2.24, 2.45) is 0 Å². The Balaban J connectivity index is 1.84. The maximum Gasteiger partial charge on any atom is 0.277 e. The maximum absolute atomic E-state index is 12.4. The number of carbonyl (C=O) groups excluding carboxylic acids is 2. The number of aromatic amines is 1. The number of hydrogen-bond acceptors (Lipinski definition) is 5. The van der Waals surface area contributed by atoms with E-state index in [0.29, 0.717) is 18.7 Å². The van der Waals surface area contributed by atoms with Gasteiger partial charge in [-0.05, 0) is 37.5 Å². The first-order valence-electron chi connectivity index (χ1n) is 7.74. The summed E-state index contributed by atoms with van der Waals surface area (Å²) >= 11 is 0. The van der Waals surface area contributed by atoms with E-state index in [9.17, 15) is 14.4 Å². The van der Waals surface area contributed by atoms with Gasteiger partial charge < -0.3 is 10.6 Å². The van der Waals surface area contributed by atoms with Crippen molar-refractivity contribution in [1.29, 1.82) is 0 Å². The van der Waals surface area contributed by atoms with Gasteiger partial charge in [0.25, 0.3) is 11.5 Å². The molecule has 2 aromatic heterocycles. The van der Waals surface area contributed by atoms with Gasteiger partial charge in [-0.1, -0.05) is 0 Å². The van der Waals surface area contributed by atoms with Crippen LogP contribution in [0.3, 0.4) is 0 Å². The molecule has 0 unspecified atom stereocenters. The monoisotopic (exact) mass is 327 g/mol. The van der Waals surface area contributed by atoms with Crippen LogP contribution in [0.15, 0.2) is 35.4 Å². The smallest absolute Gasteiger partial charge is 0.277 e. The van der Waals surface area contributed by atoms with E-state index in [1.165, 1.54) is 6.07 Å². The molecule has 1 aliphatic rings. The minimum atomic E-state index is -0.628. The molecule has 0 radical (unpaired) electrons. The molecule has 8 nitrogen and oxygen atoms in total. The predicted molar refractivity (Wildman–Crippen MR) is 86.2 cm³/mol. The Bertz CT molecular complexity index is 803. The molecule has 124 valence electrons. The first-order chi connectivity index (χ1) is 11.6. The second kappa shape index (κ2) is 7.03. The summed E-state index contributed by atoms with van der Waals surface area (Å²) in [7, 11) is 0. The number of amides is 2. The first kappa shape index (κ1) is 15.9. The number of H-pyrrole nitrogens is 1. The molecule has 3 N–H and O–H groups in total. The lowest BCUT2D eigenvalue weighted by Crippen LogP contribution is -2.46. The highest BCUT2D eigenvalue weighted by Crippen LogP contribution is 2.14. The van der Waals surface area contributed by atoms with Crippen molar-refractivity contribution >= 4 is 11.8 Å². The van der Waals surface area contributed by atoms with Gasteiger partial charge in [0.15, 0.2) is 0 Å². The standard InChI is InChI=1S/C16H17N5O3/c22-14(19-12-3-1-2-6-18-16(12)24)11-9-13(20-21-15(11)23)10-4-7-17-8-5-10/h4-5,7-9,12H,1-3,6H2,(H,18,24)(H,19,22)(H,21,23)/t12-/m0/s1. The molecule has 3 rings (SSSR count). The van der Waals surface area contributed by atoms with Crippen LogP contribution in [0.5, 0.6) is 0 Å². The lowest BCUT2D eigenvalue weighted by molar-refractivity contribution is -0.122. The fourth-order valence-corrected chi connectivity index (χ4v) is 2.56. The van der Waals surface area contributed by atoms with Gasteiger partial charge >= 0.3 is 0 Å². The third kappa shape index (κ3) is 3.48. The molecule has 1 saturated heterocycles. The summed E-state index contributed by atoms with van der Waals surface area (Å²) in [5.41, 5.74) is 0.503. The maximum atomic E-state index is 12.4. The van der Waals surface area contributed by atoms with Crippen LogP contribution in [-0.2, 0) is 4.79 Å². The zero-order chi connectivity index (χ0) is 16.9. The topological polar surface area (TPSA) is 117 Å². The van der Waals surface area contributed by atoms with Crippen molar-refractivity contribution < 1.29 is 9.59 Å². The van der Waals surface area contributed by atoms with Crippen LogP contribution in [0.1, 0.15) is 29.6 Å². The van der Waals surface area contributed by atoms with Gasteiger partial charge in [0.2, 0.25) is 5.91 Å². The molecule has 0 aromatic carbocycles. The van der Waals surface area contributed by atoms with Gasteiger partial charge in [0.1, 0.15) is 11.6 Å². The lowest BCUT2D eigenvalue weighted by atomic mass is 10.1. The van der Waals surface area contributed by atoms with E-state index in [2.05, 4.69) is 25.8 Å². The number of carbonyl (C=O) groups is 2. The SMILES string of the molecule is O=C(N[C@H]1CCCCNC1=O)c1cc(-c2ccncc2)n[nH]c1=O. The van der Waals surface area contributed by atoms with Gasteiger partial charge in [-0.2, -0.15) is 5.10 Å². The van der Waals surface area contributed by atoms with Crippen LogP contribution < -0.4 is 16.2 Å². The highest BCUT2D eigenvalue weighted by Gasteiger charge is 2.24. The molecule has 24 heavy (non-hydrogen) atoms. The molecular weight excluding hydrogens is 310 g/mol. The van der Waals surface area contributed by atoms with Gasteiger partial charge in [-0.3, -0.25) is 19.4 Å². The number of hydrogen-bond donors (Lipinski definition) is 3. The van der Waals surface area contributed by atoms with E-state index in [0.717, 1.165) is 18.4 Å². The fraction of sp³-hybridized carbons (Fsp3) is 0.312.